The standard InChI is InChI=1S/C18H21NO/c1-2-14-20-18-11-7-6-10-17(18)15-19-13-12-16-8-4-3-5-9-16/h2-11,19H,1,12-15H2/p+1. The van der Waals surface area contributed by atoms with Crippen LogP contribution in [0.4, 0.5) is 0 Å². The fourth-order valence-corrected chi connectivity index (χ4v) is 2.13. The van der Waals surface area contributed by atoms with E-state index in [0.29, 0.717) is 6.61 Å². The molecule has 104 valence electrons. The summed E-state index contributed by atoms with van der Waals surface area (Å²) in [6.45, 7) is 6.27. The van der Waals surface area contributed by atoms with Crippen LogP contribution in [0.15, 0.2) is 67.3 Å². The number of para-hydroxylation sites is 1. The van der Waals surface area contributed by atoms with Crippen LogP contribution in [0, 0.1) is 0 Å². The van der Waals surface area contributed by atoms with E-state index in [0.717, 1.165) is 25.3 Å². The van der Waals surface area contributed by atoms with Crippen LogP contribution in [0.2, 0.25) is 0 Å². The highest BCUT2D eigenvalue weighted by Gasteiger charge is 2.04. The van der Waals surface area contributed by atoms with Gasteiger partial charge < -0.3 is 10.1 Å². The average Bonchev–Trinajstić information content (AvgIpc) is 2.51. The van der Waals surface area contributed by atoms with E-state index in [2.05, 4.69) is 54.4 Å². The molecule has 2 aromatic carbocycles. The molecule has 0 spiro atoms. The molecule has 0 aliphatic rings. The molecule has 0 atom stereocenters. The van der Waals surface area contributed by atoms with E-state index >= 15 is 0 Å². The molecule has 0 amide bonds. The maximum atomic E-state index is 5.66. The number of hydrogen-bond donors (Lipinski definition) is 1. The van der Waals surface area contributed by atoms with E-state index in [-0.39, 0.29) is 0 Å². The Morgan fingerprint density at radius 2 is 1.75 bits per heavy atom. The molecule has 2 N–H and O–H groups in total. The number of ether oxygens (including phenoxy) is 1. The van der Waals surface area contributed by atoms with Crippen molar-refractivity contribution in [2.24, 2.45) is 0 Å². The van der Waals surface area contributed by atoms with Crippen molar-refractivity contribution in [1.82, 2.24) is 0 Å². The van der Waals surface area contributed by atoms with Crippen molar-refractivity contribution in [2.75, 3.05) is 13.2 Å². The molecule has 2 heteroatoms. The first-order valence-electron chi connectivity index (χ1n) is 7.07. The van der Waals surface area contributed by atoms with Gasteiger partial charge in [-0.05, 0) is 17.7 Å². The lowest BCUT2D eigenvalue weighted by Gasteiger charge is -2.09. The van der Waals surface area contributed by atoms with Crippen molar-refractivity contribution in [3.05, 3.63) is 78.4 Å². The van der Waals surface area contributed by atoms with Crippen LogP contribution in [0.25, 0.3) is 0 Å². The van der Waals surface area contributed by atoms with Crippen molar-refractivity contribution < 1.29 is 10.1 Å². The highest BCUT2D eigenvalue weighted by Crippen LogP contribution is 2.16. The fraction of sp³-hybridized carbons (Fsp3) is 0.222. The topological polar surface area (TPSA) is 25.8 Å². The lowest BCUT2D eigenvalue weighted by atomic mass is 10.1. The van der Waals surface area contributed by atoms with E-state index in [4.69, 9.17) is 4.74 Å². The first-order valence-corrected chi connectivity index (χ1v) is 7.07. The summed E-state index contributed by atoms with van der Waals surface area (Å²) < 4.78 is 5.66. The second-order valence-corrected chi connectivity index (χ2v) is 4.72. The third-order valence-corrected chi connectivity index (χ3v) is 3.17. The van der Waals surface area contributed by atoms with Crippen LogP contribution < -0.4 is 10.1 Å². The molecular weight excluding hydrogens is 246 g/mol. The smallest absolute Gasteiger partial charge is 0.128 e. The molecule has 0 heterocycles. The third-order valence-electron chi connectivity index (χ3n) is 3.17. The minimum absolute atomic E-state index is 0.557. The van der Waals surface area contributed by atoms with Crippen LogP contribution in [0.3, 0.4) is 0 Å². The van der Waals surface area contributed by atoms with Gasteiger partial charge in [-0.2, -0.15) is 0 Å². The van der Waals surface area contributed by atoms with Gasteiger partial charge in [-0.15, -0.1) is 0 Å². The number of nitrogens with two attached hydrogens (primary N) is 1. The van der Waals surface area contributed by atoms with Gasteiger partial charge >= 0.3 is 0 Å². The van der Waals surface area contributed by atoms with Gasteiger partial charge in [0.15, 0.2) is 0 Å². The Morgan fingerprint density at radius 3 is 2.55 bits per heavy atom. The van der Waals surface area contributed by atoms with Crippen molar-refractivity contribution in [3.8, 4) is 5.75 Å². The molecule has 0 aromatic heterocycles. The lowest BCUT2D eigenvalue weighted by Crippen LogP contribution is -2.83. The molecule has 0 aliphatic carbocycles. The van der Waals surface area contributed by atoms with Crippen LogP contribution in [0.5, 0.6) is 5.75 Å². The van der Waals surface area contributed by atoms with E-state index in [1.165, 1.54) is 11.1 Å². The molecule has 2 aromatic rings. The zero-order valence-electron chi connectivity index (χ0n) is 11.8. The number of benzene rings is 2. The van der Waals surface area contributed by atoms with E-state index in [9.17, 15) is 0 Å². The Morgan fingerprint density at radius 1 is 1.00 bits per heavy atom. The van der Waals surface area contributed by atoms with Gasteiger partial charge in [0.2, 0.25) is 0 Å². The summed E-state index contributed by atoms with van der Waals surface area (Å²) in [7, 11) is 0. The molecule has 2 rings (SSSR count). The van der Waals surface area contributed by atoms with Gasteiger partial charge in [0.05, 0.1) is 6.54 Å². The van der Waals surface area contributed by atoms with Crippen LogP contribution in [-0.4, -0.2) is 13.2 Å². The molecule has 0 bridgehead atoms. The fourth-order valence-electron chi connectivity index (χ4n) is 2.13. The van der Waals surface area contributed by atoms with Crippen LogP contribution >= 0.6 is 0 Å². The normalized spacial score (nSPS) is 10.2. The van der Waals surface area contributed by atoms with E-state index < -0.39 is 0 Å². The lowest BCUT2D eigenvalue weighted by molar-refractivity contribution is -0.670. The third kappa shape index (κ3) is 4.56. The Balaban J connectivity index is 1.80. The molecule has 0 saturated carbocycles. The van der Waals surface area contributed by atoms with Gasteiger partial charge in [-0.1, -0.05) is 55.1 Å². The Hall–Kier alpha value is -2.06. The highest BCUT2D eigenvalue weighted by molar-refractivity contribution is 5.32. The van der Waals surface area contributed by atoms with Crippen molar-refractivity contribution >= 4 is 0 Å². The SMILES string of the molecule is C=CCOc1ccccc1C[NH2+]CCc1ccccc1. The van der Waals surface area contributed by atoms with E-state index in [1.54, 1.807) is 6.08 Å². The quantitative estimate of drug-likeness (QED) is 0.578. The second kappa shape index (κ2) is 8.18. The minimum Gasteiger partial charge on any atom is -0.489 e. The van der Waals surface area contributed by atoms with Gasteiger partial charge in [-0.25, -0.2) is 0 Å². The Bertz CT molecular complexity index is 522. The van der Waals surface area contributed by atoms with Crippen LogP contribution in [-0.2, 0) is 13.0 Å². The molecule has 2 nitrogen and oxygen atoms in total. The summed E-state index contributed by atoms with van der Waals surface area (Å²) in [5.74, 6) is 0.961. The van der Waals surface area contributed by atoms with Gasteiger partial charge in [0, 0.05) is 12.0 Å². The average molecular weight is 268 g/mol. The second-order valence-electron chi connectivity index (χ2n) is 4.72. The molecular formula is C18H22NO+. The summed E-state index contributed by atoms with van der Waals surface area (Å²) in [6.07, 6.45) is 2.87. The maximum Gasteiger partial charge on any atom is 0.128 e. The van der Waals surface area contributed by atoms with Crippen LogP contribution in [0.1, 0.15) is 11.1 Å². The zero-order valence-corrected chi connectivity index (χ0v) is 11.8. The maximum absolute atomic E-state index is 5.66. The molecule has 0 aliphatic heterocycles. The monoisotopic (exact) mass is 268 g/mol. The first kappa shape index (κ1) is 14.4. The molecule has 0 fully saturated rings. The first-order chi connectivity index (χ1) is 9.90. The van der Waals surface area contributed by atoms with E-state index in [1.807, 2.05) is 12.1 Å². The largest absolute Gasteiger partial charge is 0.489 e. The zero-order chi connectivity index (χ0) is 14.0. The van der Waals surface area contributed by atoms with Crippen molar-refractivity contribution in [2.45, 2.75) is 13.0 Å². The predicted octanol–water partition coefficient (Wildman–Crippen LogP) is 2.56. The van der Waals surface area contributed by atoms with Gasteiger partial charge in [0.1, 0.15) is 18.9 Å². The van der Waals surface area contributed by atoms with Crippen molar-refractivity contribution in [3.63, 3.8) is 0 Å². The summed E-state index contributed by atoms with van der Waals surface area (Å²) >= 11 is 0. The summed E-state index contributed by atoms with van der Waals surface area (Å²) in [5.41, 5.74) is 2.63. The summed E-state index contributed by atoms with van der Waals surface area (Å²) in [6, 6.07) is 18.8. The Labute approximate surface area is 121 Å². The molecule has 0 unspecified atom stereocenters. The van der Waals surface area contributed by atoms with Gasteiger partial charge in [0.25, 0.3) is 0 Å². The molecule has 0 saturated heterocycles. The molecule has 0 radical (unpaired) electrons. The number of quaternary nitrogens is 1. The van der Waals surface area contributed by atoms with Crippen molar-refractivity contribution in [1.29, 1.82) is 0 Å². The summed E-state index contributed by atoms with van der Waals surface area (Å²) in [5, 5.41) is 2.32. The van der Waals surface area contributed by atoms with Gasteiger partial charge in [-0.3, -0.25) is 0 Å². The molecule has 20 heavy (non-hydrogen) atoms. The summed E-state index contributed by atoms with van der Waals surface area (Å²) in [4.78, 5) is 0. The Kier molecular flexibility index (Phi) is 5.87. The number of hydrogen-bond acceptors (Lipinski definition) is 1. The highest BCUT2D eigenvalue weighted by atomic mass is 16.5. The minimum atomic E-state index is 0.557. The number of rotatable bonds is 8. The predicted molar refractivity (Wildman–Crippen MR) is 82.8 cm³/mol.